The molecular formula is C19H17ClN4OS. The summed E-state index contributed by atoms with van der Waals surface area (Å²) in [6.07, 6.45) is 2.54. The summed E-state index contributed by atoms with van der Waals surface area (Å²) in [6.45, 7) is 2.63. The fraction of sp³-hybridized carbons (Fsp3) is 0.211. The lowest BCUT2D eigenvalue weighted by Gasteiger charge is -2.21. The minimum atomic E-state index is -0.275. The van der Waals surface area contributed by atoms with Crippen molar-refractivity contribution in [2.45, 2.75) is 23.8 Å². The van der Waals surface area contributed by atoms with Gasteiger partial charge in [-0.2, -0.15) is 0 Å². The molecule has 0 N–H and O–H groups in total. The average Bonchev–Trinajstić information content (AvgIpc) is 3.28. The average molecular weight is 385 g/mol. The van der Waals surface area contributed by atoms with Crippen LogP contribution in [0.2, 0.25) is 5.02 Å². The Bertz CT molecular complexity index is 958. The van der Waals surface area contributed by atoms with E-state index in [1.165, 1.54) is 17.3 Å². The van der Waals surface area contributed by atoms with Crippen LogP contribution in [0.4, 0.5) is 5.69 Å². The summed E-state index contributed by atoms with van der Waals surface area (Å²) in [4.78, 5) is 14.8. The number of anilines is 1. The number of para-hydroxylation sites is 1. The Balaban J connectivity index is 1.54. The van der Waals surface area contributed by atoms with Crippen molar-refractivity contribution < 1.29 is 4.79 Å². The summed E-state index contributed by atoms with van der Waals surface area (Å²) in [7, 11) is 0. The first-order valence-corrected chi connectivity index (χ1v) is 9.61. The van der Waals surface area contributed by atoms with Gasteiger partial charge in [-0.15, -0.1) is 10.2 Å². The van der Waals surface area contributed by atoms with Crippen LogP contribution in [0, 0.1) is 0 Å². The largest absolute Gasteiger partial charge is 0.311 e. The van der Waals surface area contributed by atoms with Crippen LogP contribution in [0.1, 0.15) is 12.5 Å². The predicted octanol–water partition coefficient (Wildman–Crippen LogP) is 3.99. The van der Waals surface area contributed by atoms with Crippen LogP contribution in [0.25, 0.3) is 5.69 Å². The fourth-order valence-corrected chi connectivity index (χ4v) is 4.19. The number of amides is 1. The number of rotatable bonds is 4. The van der Waals surface area contributed by atoms with Crippen molar-refractivity contribution >= 4 is 35.0 Å². The van der Waals surface area contributed by atoms with Crippen LogP contribution in [0.15, 0.2) is 60.0 Å². The summed E-state index contributed by atoms with van der Waals surface area (Å²) in [5.41, 5.74) is 3.11. The lowest BCUT2D eigenvalue weighted by Crippen LogP contribution is -2.35. The van der Waals surface area contributed by atoms with Crippen molar-refractivity contribution in [2.24, 2.45) is 0 Å². The molecular weight excluding hydrogens is 368 g/mol. The van der Waals surface area contributed by atoms with E-state index in [4.69, 9.17) is 11.6 Å². The molecule has 0 saturated heterocycles. The van der Waals surface area contributed by atoms with E-state index in [-0.39, 0.29) is 11.2 Å². The fourth-order valence-electron chi connectivity index (χ4n) is 3.10. The molecule has 2 aromatic carbocycles. The summed E-state index contributed by atoms with van der Waals surface area (Å²) < 4.78 is 1.85. The van der Waals surface area contributed by atoms with Crippen molar-refractivity contribution in [1.29, 1.82) is 0 Å². The van der Waals surface area contributed by atoms with Gasteiger partial charge in [-0.25, -0.2) is 0 Å². The predicted molar refractivity (Wildman–Crippen MR) is 104 cm³/mol. The summed E-state index contributed by atoms with van der Waals surface area (Å²) in [6, 6.07) is 15.5. The minimum Gasteiger partial charge on any atom is -0.311 e. The number of nitrogens with zero attached hydrogens (tertiary/aromatic N) is 4. The van der Waals surface area contributed by atoms with Crippen molar-refractivity contribution in [2.75, 3.05) is 11.4 Å². The van der Waals surface area contributed by atoms with Crippen LogP contribution in [0.5, 0.6) is 0 Å². The first-order valence-electron chi connectivity index (χ1n) is 8.35. The van der Waals surface area contributed by atoms with Gasteiger partial charge in [0.15, 0.2) is 5.16 Å². The molecule has 7 heteroatoms. The van der Waals surface area contributed by atoms with Crippen LogP contribution in [-0.4, -0.2) is 32.5 Å². The second-order valence-electron chi connectivity index (χ2n) is 6.09. The Morgan fingerprint density at radius 1 is 1.23 bits per heavy atom. The zero-order valence-electron chi connectivity index (χ0n) is 14.2. The lowest BCUT2D eigenvalue weighted by atomic mass is 10.2. The van der Waals surface area contributed by atoms with Crippen molar-refractivity contribution in [3.8, 4) is 5.69 Å². The van der Waals surface area contributed by atoms with Gasteiger partial charge < -0.3 is 4.90 Å². The second-order valence-corrected chi connectivity index (χ2v) is 7.84. The smallest absolute Gasteiger partial charge is 0.240 e. The van der Waals surface area contributed by atoms with E-state index in [1.54, 1.807) is 6.33 Å². The molecule has 0 fully saturated rings. The lowest BCUT2D eigenvalue weighted by molar-refractivity contribution is -0.117. The van der Waals surface area contributed by atoms with Crippen molar-refractivity contribution in [1.82, 2.24) is 14.8 Å². The topological polar surface area (TPSA) is 51.0 Å². The highest BCUT2D eigenvalue weighted by molar-refractivity contribution is 8.00. The van der Waals surface area contributed by atoms with E-state index >= 15 is 0 Å². The molecule has 1 aromatic heterocycles. The number of aromatic nitrogens is 3. The van der Waals surface area contributed by atoms with Gasteiger partial charge >= 0.3 is 0 Å². The standard InChI is InChI=1S/C19H17ClN4OS/c1-13(18(25)23-10-9-14-5-2-3-8-17(14)23)26-19-22-21-12-24(19)16-7-4-6-15(20)11-16/h2-8,11-13H,9-10H2,1H3. The molecule has 0 spiro atoms. The zero-order chi connectivity index (χ0) is 18.1. The third-order valence-corrected chi connectivity index (χ3v) is 5.67. The quantitative estimate of drug-likeness (QED) is 0.638. The molecule has 132 valence electrons. The number of carbonyl (C=O) groups excluding carboxylic acids is 1. The van der Waals surface area contributed by atoms with Crippen LogP contribution < -0.4 is 4.90 Å². The van der Waals surface area contributed by atoms with E-state index < -0.39 is 0 Å². The highest BCUT2D eigenvalue weighted by Crippen LogP contribution is 2.31. The molecule has 1 atom stereocenters. The van der Waals surface area contributed by atoms with Gasteiger partial charge in [0.1, 0.15) is 6.33 Å². The second kappa shape index (κ2) is 7.13. The molecule has 1 aliphatic heterocycles. The number of fused-ring (bicyclic) bond motifs is 1. The van der Waals surface area contributed by atoms with E-state index in [1.807, 2.05) is 58.9 Å². The van der Waals surface area contributed by atoms with Gasteiger partial charge in [0.2, 0.25) is 5.91 Å². The molecule has 0 saturated carbocycles. The first kappa shape index (κ1) is 17.1. The number of thioether (sulfide) groups is 1. The third-order valence-electron chi connectivity index (χ3n) is 4.39. The molecule has 5 nitrogen and oxygen atoms in total. The Hall–Kier alpha value is -2.31. The Labute approximate surface area is 161 Å². The Morgan fingerprint density at radius 2 is 2.08 bits per heavy atom. The van der Waals surface area contributed by atoms with Gasteiger partial charge in [0.25, 0.3) is 0 Å². The summed E-state index contributed by atoms with van der Waals surface area (Å²) in [5, 5.41) is 9.21. The van der Waals surface area contributed by atoms with Gasteiger partial charge in [0.05, 0.1) is 10.9 Å². The summed E-state index contributed by atoms with van der Waals surface area (Å²) in [5.74, 6) is 0.0839. The first-order chi connectivity index (χ1) is 12.6. The molecule has 1 aliphatic rings. The highest BCUT2D eigenvalue weighted by atomic mass is 35.5. The molecule has 0 radical (unpaired) electrons. The van der Waals surface area contributed by atoms with Crippen molar-refractivity contribution in [3.05, 3.63) is 65.4 Å². The highest BCUT2D eigenvalue weighted by Gasteiger charge is 2.29. The maximum Gasteiger partial charge on any atom is 0.240 e. The normalized spacial score (nSPS) is 14.3. The Morgan fingerprint density at radius 3 is 2.92 bits per heavy atom. The van der Waals surface area contributed by atoms with Gasteiger partial charge in [0, 0.05) is 17.3 Å². The van der Waals surface area contributed by atoms with E-state index in [2.05, 4.69) is 16.3 Å². The SMILES string of the molecule is CC(Sc1nncn1-c1cccc(Cl)c1)C(=O)N1CCc2ccccc21. The zero-order valence-corrected chi connectivity index (χ0v) is 15.7. The van der Waals surface area contributed by atoms with Gasteiger partial charge in [-0.1, -0.05) is 47.6 Å². The molecule has 0 aliphatic carbocycles. The summed E-state index contributed by atoms with van der Waals surface area (Å²) >= 11 is 7.48. The maximum absolute atomic E-state index is 13.0. The number of hydrogen-bond donors (Lipinski definition) is 0. The van der Waals surface area contributed by atoms with Crippen molar-refractivity contribution in [3.63, 3.8) is 0 Å². The van der Waals surface area contributed by atoms with E-state index in [0.717, 1.165) is 24.3 Å². The molecule has 2 heterocycles. The van der Waals surface area contributed by atoms with E-state index in [9.17, 15) is 4.79 Å². The third kappa shape index (κ3) is 3.22. The number of halogens is 1. The molecule has 1 amide bonds. The van der Waals surface area contributed by atoms with Gasteiger partial charge in [-0.3, -0.25) is 9.36 Å². The maximum atomic E-state index is 13.0. The minimum absolute atomic E-state index is 0.0839. The molecule has 0 bridgehead atoms. The Kier molecular flexibility index (Phi) is 4.70. The number of hydrogen-bond acceptors (Lipinski definition) is 4. The van der Waals surface area contributed by atoms with E-state index in [0.29, 0.717) is 10.2 Å². The number of carbonyl (C=O) groups is 1. The van der Waals surface area contributed by atoms with Crippen LogP contribution >= 0.6 is 23.4 Å². The van der Waals surface area contributed by atoms with Gasteiger partial charge in [-0.05, 0) is 43.2 Å². The van der Waals surface area contributed by atoms with Crippen LogP contribution in [0.3, 0.4) is 0 Å². The monoisotopic (exact) mass is 384 g/mol. The molecule has 3 aromatic rings. The number of benzene rings is 2. The molecule has 26 heavy (non-hydrogen) atoms. The van der Waals surface area contributed by atoms with Crippen LogP contribution in [-0.2, 0) is 11.2 Å². The molecule has 4 rings (SSSR count). The molecule has 1 unspecified atom stereocenters.